The molecule has 2 nitrogen and oxygen atoms in total. The van der Waals surface area contributed by atoms with E-state index in [9.17, 15) is 10.0 Å². The largest absolute Gasteiger partial charge is 0.488 e. The van der Waals surface area contributed by atoms with Gasteiger partial charge in [-0.3, -0.25) is 0 Å². The number of benzene rings is 2. The van der Waals surface area contributed by atoms with E-state index in [0.29, 0.717) is 5.46 Å². The van der Waals surface area contributed by atoms with E-state index in [0.717, 1.165) is 16.6 Å². The fourth-order valence-corrected chi connectivity index (χ4v) is 2.93. The van der Waals surface area contributed by atoms with Crippen molar-refractivity contribution >= 4 is 25.9 Å². The van der Waals surface area contributed by atoms with Crippen LogP contribution in [-0.2, 0) is 5.41 Å². The molecule has 0 saturated heterocycles. The fraction of sp³-hybridized carbons (Fsp3) is 0.200. The van der Waals surface area contributed by atoms with E-state index in [4.69, 9.17) is 7.85 Å². The maximum absolute atomic E-state index is 9.32. The molecule has 1 aliphatic carbocycles. The quantitative estimate of drug-likeness (QED) is 0.720. The van der Waals surface area contributed by atoms with Gasteiger partial charge in [0.15, 0.2) is 0 Å². The molecule has 2 N–H and O–H groups in total. The molecule has 2 radical (unpaired) electrons. The Kier molecular flexibility index (Phi) is 2.63. The van der Waals surface area contributed by atoms with Crippen molar-refractivity contribution in [3.8, 4) is 11.1 Å². The highest BCUT2D eigenvalue weighted by atomic mass is 16.4. The lowest BCUT2D eigenvalue weighted by molar-refractivity contribution is 0.425. The summed E-state index contributed by atoms with van der Waals surface area (Å²) >= 11 is 0. The first-order chi connectivity index (χ1) is 8.91. The highest BCUT2D eigenvalue weighted by Crippen LogP contribution is 2.47. The van der Waals surface area contributed by atoms with Crippen molar-refractivity contribution in [1.29, 1.82) is 0 Å². The van der Waals surface area contributed by atoms with Gasteiger partial charge in [-0.05, 0) is 27.7 Å². The monoisotopic (exact) mass is 248 g/mol. The zero-order chi connectivity index (χ0) is 13.8. The zero-order valence-corrected chi connectivity index (χ0v) is 11.0. The second-order valence-corrected chi connectivity index (χ2v) is 5.61. The molecule has 1 aliphatic rings. The molecule has 0 spiro atoms. The van der Waals surface area contributed by atoms with Gasteiger partial charge in [-0.15, -0.1) is 0 Å². The maximum Gasteiger partial charge on any atom is 0.488 e. The molecule has 0 aromatic heterocycles. The summed E-state index contributed by atoms with van der Waals surface area (Å²) in [7, 11) is 4.45. The highest BCUT2D eigenvalue weighted by Gasteiger charge is 2.35. The Labute approximate surface area is 114 Å². The summed E-state index contributed by atoms with van der Waals surface area (Å²) in [5.41, 5.74) is 5.71. The second kappa shape index (κ2) is 3.99. The van der Waals surface area contributed by atoms with Crippen LogP contribution in [0.1, 0.15) is 25.0 Å². The van der Waals surface area contributed by atoms with Crippen molar-refractivity contribution in [3.63, 3.8) is 0 Å². The van der Waals surface area contributed by atoms with E-state index < -0.39 is 7.12 Å². The van der Waals surface area contributed by atoms with Crippen molar-refractivity contribution in [2.45, 2.75) is 19.3 Å². The molecule has 0 unspecified atom stereocenters. The van der Waals surface area contributed by atoms with E-state index in [1.54, 1.807) is 6.07 Å². The number of hydrogen-bond acceptors (Lipinski definition) is 2. The van der Waals surface area contributed by atoms with E-state index in [-0.39, 0.29) is 5.41 Å². The lowest BCUT2D eigenvalue weighted by atomic mass is 9.75. The topological polar surface area (TPSA) is 40.5 Å². The van der Waals surface area contributed by atoms with Gasteiger partial charge in [0.1, 0.15) is 7.85 Å². The van der Waals surface area contributed by atoms with E-state index >= 15 is 0 Å². The minimum Gasteiger partial charge on any atom is -0.423 e. The van der Waals surface area contributed by atoms with Crippen LogP contribution in [0.5, 0.6) is 0 Å². The summed E-state index contributed by atoms with van der Waals surface area (Å²) in [4.78, 5) is 0. The maximum atomic E-state index is 9.32. The molecule has 0 heterocycles. The third-order valence-electron chi connectivity index (χ3n) is 4.02. The Balaban J connectivity index is 2.28. The first kappa shape index (κ1) is 12.5. The first-order valence-electron chi connectivity index (χ1n) is 6.32. The molecule has 2 aromatic rings. The summed E-state index contributed by atoms with van der Waals surface area (Å²) in [5, 5.41) is 18.6. The summed E-state index contributed by atoms with van der Waals surface area (Å²) in [6.07, 6.45) is 0. The molecule has 3 rings (SSSR count). The first-order valence-corrected chi connectivity index (χ1v) is 6.32. The molecule has 0 atom stereocenters. The Morgan fingerprint density at radius 2 is 1.53 bits per heavy atom. The average Bonchev–Trinajstić information content (AvgIpc) is 2.58. The summed E-state index contributed by atoms with van der Waals surface area (Å²) in [6.45, 7) is 4.26. The molecule has 0 aliphatic heterocycles. The molecule has 19 heavy (non-hydrogen) atoms. The van der Waals surface area contributed by atoms with Gasteiger partial charge in [-0.2, -0.15) is 0 Å². The Morgan fingerprint density at radius 3 is 2.16 bits per heavy atom. The SMILES string of the molecule is [B]c1ccc2c(c1)C(C)(C)c1cc(B(O)O)ccc1-2. The van der Waals surface area contributed by atoms with Gasteiger partial charge in [0.05, 0.1) is 0 Å². The van der Waals surface area contributed by atoms with E-state index in [1.807, 2.05) is 30.3 Å². The Hall–Kier alpha value is -1.51. The van der Waals surface area contributed by atoms with Crippen molar-refractivity contribution in [2.75, 3.05) is 0 Å². The molecule has 0 saturated carbocycles. The molecule has 2 aromatic carbocycles. The Morgan fingerprint density at radius 1 is 0.947 bits per heavy atom. The van der Waals surface area contributed by atoms with Gasteiger partial charge < -0.3 is 10.0 Å². The van der Waals surface area contributed by atoms with Crippen LogP contribution in [-0.4, -0.2) is 25.0 Å². The van der Waals surface area contributed by atoms with Gasteiger partial charge >= 0.3 is 7.12 Å². The van der Waals surface area contributed by atoms with Gasteiger partial charge in [0.2, 0.25) is 0 Å². The molecular formula is C15H14B2O2. The summed E-state index contributed by atoms with van der Waals surface area (Å²) in [6, 6.07) is 11.5. The normalized spacial score (nSPS) is 14.9. The highest BCUT2D eigenvalue weighted by molar-refractivity contribution is 6.58. The predicted molar refractivity (Wildman–Crippen MR) is 79.2 cm³/mol. The number of fused-ring (bicyclic) bond motifs is 3. The molecular weight excluding hydrogens is 234 g/mol. The third-order valence-corrected chi connectivity index (χ3v) is 4.02. The fourth-order valence-electron chi connectivity index (χ4n) is 2.93. The van der Waals surface area contributed by atoms with Crippen LogP contribution in [0.25, 0.3) is 11.1 Å². The lowest BCUT2D eigenvalue weighted by Crippen LogP contribution is -2.31. The minimum atomic E-state index is -1.44. The van der Waals surface area contributed by atoms with Crippen LogP contribution in [0.15, 0.2) is 36.4 Å². The number of hydrogen-bond donors (Lipinski definition) is 2. The molecule has 0 fully saturated rings. The van der Waals surface area contributed by atoms with Crippen LogP contribution in [0.3, 0.4) is 0 Å². The smallest absolute Gasteiger partial charge is 0.423 e. The Bertz CT molecular complexity index is 663. The van der Waals surface area contributed by atoms with Crippen molar-refractivity contribution < 1.29 is 10.0 Å². The number of rotatable bonds is 1. The van der Waals surface area contributed by atoms with Gasteiger partial charge in [0, 0.05) is 5.41 Å². The van der Waals surface area contributed by atoms with Crippen LogP contribution in [0.2, 0.25) is 0 Å². The molecule has 0 bridgehead atoms. The van der Waals surface area contributed by atoms with Gasteiger partial charge in [0.25, 0.3) is 0 Å². The molecule has 0 amide bonds. The average molecular weight is 248 g/mol. The minimum absolute atomic E-state index is 0.176. The zero-order valence-electron chi connectivity index (χ0n) is 11.0. The van der Waals surface area contributed by atoms with Crippen LogP contribution in [0.4, 0.5) is 0 Å². The van der Waals surface area contributed by atoms with Gasteiger partial charge in [-0.1, -0.05) is 55.7 Å². The van der Waals surface area contributed by atoms with Gasteiger partial charge in [-0.25, -0.2) is 0 Å². The standard InChI is InChI=1S/C15H14B2O2/c1-15(2)13-7-9(16)3-5-11(13)12-6-4-10(17(18)19)8-14(12)15/h3-8,18-19H,1-2H3. The third kappa shape index (κ3) is 1.75. The van der Waals surface area contributed by atoms with E-state index in [1.165, 1.54) is 11.1 Å². The van der Waals surface area contributed by atoms with Crippen LogP contribution in [0, 0.1) is 0 Å². The molecule has 4 heteroatoms. The van der Waals surface area contributed by atoms with Crippen molar-refractivity contribution in [2.24, 2.45) is 0 Å². The summed E-state index contributed by atoms with van der Waals surface area (Å²) < 4.78 is 0. The van der Waals surface area contributed by atoms with Crippen molar-refractivity contribution in [3.05, 3.63) is 47.5 Å². The van der Waals surface area contributed by atoms with E-state index in [2.05, 4.69) is 13.8 Å². The summed E-state index contributed by atoms with van der Waals surface area (Å²) in [5.74, 6) is 0. The predicted octanol–water partition coefficient (Wildman–Crippen LogP) is 0.467. The van der Waals surface area contributed by atoms with Crippen LogP contribution >= 0.6 is 0 Å². The molecule has 92 valence electrons. The van der Waals surface area contributed by atoms with Crippen molar-refractivity contribution in [1.82, 2.24) is 0 Å². The second-order valence-electron chi connectivity index (χ2n) is 5.61. The lowest BCUT2D eigenvalue weighted by Gasteiger charge is -2.22. The van der Waals surface area contributed by atoms with Crippen LogP contribution < -0.4 is 10.9 Å².